The lowest BCUT2D eigenvalue weighted by atomic mass is 10.2. The Bertz CT molecular complexity index is 570. The van der Waals surface area contributed by atoms with Gasteiger partial charge in [-0.05, 0) is 39.8 Å². The number of benzene rings is 1. The van der Waals surface area contributed by atoms with Crippen LogP contribution < -0.4 is 0 Å². The van der Waals surface area contributed by atoms with Crippen molar-refractivity contribution < 1.29 is 18.0 Å². The second-order valence-electron chi connectivity index (χ2n) is 4.50. The number of hydrogen-bond acceptors (Lipinski definition) is 4. The van der Waals surface area contributed by atoms with Crippen LogP contribution in [0.5, 0.6) is 0 Å². The van der Waals surface area contributed by atoms with Gasteiger partial charge in [0, 0.05) is 11.8 Å². The molecule has 0 aliphatic heterocycles. The molecule has 0 aliphatic carbocycles. The third-order valence-electron chi connectivity index (χ3n) is 2.39. The lowest BCUT2D eigenvalue weighted by Gasteiger charge is -2.18. The summed E-state index contributed by atoms with van der Waals surface area (Å²) in [6.45, 7) is 7.57. The molecule has 116 valence electrons. The number of rotatable bonds is 7. The summed E-state index contributed by atoms with van der Waals surface area (Å²) in [6, 6.07) is 5.74. The number of allylic oxidation sites excluding steroid dienone is 1. The Morgan fingerprint density at radius 1 is 1.29 bits per heavy atom. The van der Waals surface area contributed by atoms with Crippen molar-refractivity contribution in [2.24, 2.45) is 4.99 Å². The second kappa shape index (κ2) is 8.23. The monoisotopic (exact) mass is 313 g/mol. The van der Waals surface area contributed by atoms with Gasteiger partial charge in [-0.3, -0.25) is 4.57 Å². The van der Waals surface area contributed by atoms with Crippen molar-refractivity contribution >= 4 is 13.0 Å². The smallest absolute Gasteiger partial charge is 0.304 e. The summed E-state index contributed by atoms with van der Waals surface area (Å²) in [5, 5.41) is 0. The first-order valence-corrected chi connectivity index (χ1v) is 8.34. The summed E-state index contributed by atoms with van der Waals surface area (Å²) in [4.78, 5) is 4.22. The highest BCUT2D eigenvalue weighted by Gasteiger charge is 2.32. The molecule has 1 aromatic carbocycles. The molecule has 0 heterocycles. The van der Waals surface area contributed by atoms with Crippen LogP contribution in [0.15, 0.2) is 41.0 Å². The lowest BCUT2D eigenvalue weighted by molar-refractivity contribution is 0.232. The first-order valence-electron chi connectivity index (χ1n) is 6.79. The fourth-order valence-corrected chi connectivity index (χ4v) is 3.27. The minimum atomic E-state index is -3.59. The average molecular weight is 313 g/mol. The molecule has 6 heteroatoms. The first-order chi connectivity index (χ1) is 9.92. The fourth-order valence-electron chi connectivity index (χ4n) is 1.62. The molecule has 0 amide bonds. The van der Waals surface area contributed by atoms with E-state index in [2.05, 4.69) is 4.99 Å². The average Bonchev–Trinajstić information content (AvgIpc) is 2.39. The predicted octanol–water partition coefficient (Wildman–Crippen LogP) is 4.76. The van der Waals surface area contributed by atoms with Crippen molar-refractivity contribution in [3.63, 3.8) is 0 Å². The number of halogens is 1. The Kier molecular flexibility index (Phi) is 6.96. The van der Waals surface area contributed by atoms with Crippen LogP contribution in [0.25, 0.3) is 0 Å². The van der Waals surface area contributed by atoms with Crippen molar-refractivity contribution in [3.8, 4) is 0 Å². The SMILES string of the molecule is CCOP(=O)(OCC)C(=NC=C(C)C)c1cccc(F)c1. The van der Waals surface area contributed by atoms with E-state index >= 15 is 0 Å². The van der Waals surface area contributed by atoms with E-state index in [1.807, 2.05) is 13.8 Å². The molecule has 1 rings (SSSR count). The van der Waals surface area contributed by atoms with E-state index in [1.54, 1.807) is 26.1 Å². The molecule has 21 heavy (non-hydrogen) atoms. The highest BCUT2D eigenvalue weighted by atomic mass is 31.2. The topological polar surface area (TPSA) is 47.9 Å². The highest BCUT2D eigenvalue weighted by molar-refractivity contribution is 7.73. The van der Waals surface area contributed by atoms with Crippen LogP contribution in [0.4, 0.5) is 4.39 Å². The van der Waals surface area contributed by atoms with E-state index in [9.17, 15) is 8.96 Å². The standard InChI is InChI=1S/C15H21FNO3P/c1-5-19-21(18,20-6-2)15(17-11-12(3)4)13-8-7-9-14(16)10-13/h7-11H,5-6H2,1-4H3. The Morgan fingerprint density at radius 3 is 2.38 bits per heavy atom. The molecule has 4 nitrogen and oxygen atoms in total. The van der Waals surface area contributed by atoms with Gasteiger partial charge >= 0.3 is 7.60 Å². The molecular weight excluding hydrogens is 292 g/mol. The van der Waals surface area contributed by atoms with E-state index in [0.717, 1.165) is 5.57 Å². The van der Waals surface area contributed by atoms with Crippen LogP contribution in [-0.4, -0.2) is 18.7 Å². The Morgan fingerprint density at radius 2 is 1.90 bits per heavy atom. The maximum atomic E-state index is 13.4. The van der Waals surface area contributed by atoms with Gasteiger partial charge in [0.05, 0.1) is 13.2 Å². The van der Waals surface area contributed by atoms with Crippen LogP contribution in [0.2, 0.25) is 0 Å². The third-order valence-corrected chi connectivity index (χ3v) is 4.47. The number of hydrogen-bond donors (Lipinski definition) is 0. The summed E-state index contributed by atoms with van der Waals surface area (Å²) < 4.78 is 37.0. The molecule has 0 bridgehead atoms. The molecule has 0 saturated heterocycles. The zero-order chi connectivity index (χ0) is 15.9. The van der Waals surface area contributed by atoms with Crippen LogP contribution in [0, 0.1) is 5.82 Å². The van der Waals surface area contributed by atoms with Gasteiger partial charge in [-0.15, -0.1) is 0 Å². The Labute approximate surface area is 125 Å². The van der Waals surface area contributed by atoms with Gasteiger partial charge in [-0.2, -0.15) is 0 Å². The van der Waals surface area contributed by atoms with Crippen LogP contribution in [0.3, 0.4) is 0 Å². The quantitative estimate of drug-likeness (QED) is 0.538. The summed E-state index contributed by atoms with van der Waals surface area (Å²) in [5.74, 6) is -0.433. The summed E-state index contributed by atoms with van der Waals surface area (Å²) >= 11 is 0. The van der Waals surface area contributed by atoms with Crippen LogP contribution in [0.1, 0.15) is 33.3 Å². The van der Waals surface area contributed by atoms with Gasteiger partial charge in [0.1, 0.15) is 5.82 Å². The van der Waals surface area contributed by atoms with Crippen LogP contribution >= 0.6 is 7.60 Å². The van der Waals surface area contributed by atoms with E-state index in [0.29, 0.717) is 5.56 Å². The maximum absolute atomic E-state index is 13.4. The van der Waals surface area contributed by atoms with Crippen molar-refractivity contribution in [2.45, 2.75) is 27.7 Å². The minimum Gasteiger partial charge on any atom is -0.304 e. The van der Waals surface area contributed by atoms with Crippen molar-refractivity contribution in [1.29, 1.82) is 0 Å². The molecule has 0 N–H and O–H groups in total. The van der Waals surface area contributed by atoms with E-state index in [1.165, 1.54) is 18.2 Å². The van der Waals surface area contributed by atoms with Gasteiger partial charge in [0.2, 0.25) is 0 Å². The third kappa shape index (κ3) is 5.20. The van der Waals surface area contributed by atoms with Crippen molar-refractivity contribution in [2.75, 3.05) is 13.2 Å². The van der Waals surface area contributed by atoms with Crippen LogP contribution in [-0.2, 0) is 13.6 Å². The van der Waals surface area contributed by atoms with E-state index in [4.69, 9.17) is 9.05 Å². The van der Waals surface area contributed by atoms with Crippen molar-refractivity contribution in [3.05, 3.63) is 47.4 Å². The molecule has 0 unspecified atom stereocenters. The van der Waals surface area contributed by atoms with Gasteiger partial charge in [0.15, 0.2) is 5.45 Å². The molecule has 0 spiro atoms. The lowest BCUT2D eigenvalue weighted by Crippen LogP contribution is -2.09. The molecule has 1 aromatic rings. The zero-order valence-electron chi connectivity index (χ0n) is 12.8. The minimum absolute atomic E-state index is 0.118. The summed E-state index contributed by atoms with van der Waals surface area (Å²) in [7, 11) is -3.59. The molecule has 0 saturated carbocycles. The Balaban J connectivity index is 3.40. The summed E-state index contributed by atoms with van der Waals surface area (Å²) in [5.41, 5.74) is 1.42. The molecular formula is C15H21FNO3P. The zero-order valence-corrected chi connectivity index (χ0v) is 13.7. The van der Waals surface area contributed by atoms with Gasteiger partial charge in [0.25, 0.3) is 0 Å². The molecule has 0 aromatic heterocycles. The largest absolute Gasteiger partial charge is 0.380 e. The maximum Gasteiger partial charge on any atom is 0.380 e. The molecule has 0 atom stereocenters. The van der Waals surface area contributed by atoms with E-state index < -0.39 is 13.4 Å². The Hall–Kier alpha value is -1.29. The fraction of sp³-hybridized carbons (Fsp3) is 0.400. The van der Waals surface area contributed by atoms with E-state index in [-0.39, 0.29) is 18.7 Å². The molecule has 0 aliphatic rings. The molecule has 0 radical (unpaired) electrons. The van der Waals surface area contributed by atoms with Crippen molar-refractivity contribution in [1.82, 2.24) is 0 Å². The predicted molar refractivity (Wildman–Crippen MR) is 83.2 cm³/mol. The normalized spacial score (nSPS) is 12.3. The molecule has 0 fully saturated rings. The first kappa shape index (κ1) is 17.8. The number of aliphatic imine (C=N–C) groups is 1. The van der Waals surface area contributed by atoms with Gasteiger partial charge < -0.3 is 9.05 Å². The number of nitrogens with zero attached hydrogens (tertiary/aromatic N) is 1. The summed E-state index contributed by atoms with van der Waals surface area (Å²) in [6.07, 6.45) is 1.56. The van der Waals surface area contributed by atoms with Gasteiger partial charge in [-0.1, -0.05) is 17.7 Å². The highest BCUT2D eigenvalue weighted by Crippen LogP contribution is 2.51. The second-order valence-corrected chi connectivity index (χ2v) is 6.44. The van der Waals surface area contributed by atoms with Gasteiger partial charge in [-0.25, -0.2) is 9.38 Å².